The Morgan fingerprint density at radius 3 is 2.24 bits per heavy atom. The fourth-order valence-corrected chi connectivity index (χ4v) is 1.50. The lowest BCUT2D eigenvalue weighted by atomic mass is 9.89. The number of carboxylic acids is 1. The molecule has 0 saturated carbocycles. The second-order valence-corrected chi connectivity index (χ2v) is 5.90. The van der Waals surface area contributed by atoms with E-state index in [4.69, 9.17) is 9.84 Å². The average Bonchev–Trinajstić information content (AvgIpc) is 2.32. The number of ether oxygens (including phenoxy) is 1. The van der Waals surface area contributed by atoms with Crippen LogP contribution >= 0.6 is 0 Å². The predicted octanol–water partition coefficient (Wildman–Crippen LogP) is 1.37. The van der Waals surface area contributed by atoms with Crippen molar-refractivity contribution in [3.8, 4) is 0 Å². The highest BCUT2D eigenvalue weighted by molar-refractivity contribution is 5.96. The topological polar surface area (TPSA) is 105 Å². The molecule has 0 spiro atoms. The minimum Gasteiger partial charge on any atom is -0.481 e. The largest absolute Gasteiger partial charge is 0.481 e. The SMILES string of the molecule is CCOCC(NC(=O)NC(=O)CC(C)(C)C(=O)O)C(C)C. The number of rotatable bonds is 8. The van der Waals surface area contributed by atoms with Crippen molar-refractivity contribution in [2.45, 2.75) is 47.1 Å². The number of nitrogens with one attached hydrogen (secondary N) is 2. The van der Waals surface area contributed by atoms with Crippen LogP contribution in [0.3, 0.4) is 0 Å². The number of carbonyl (C=O) groups is 3. The highest BCUT2D eigenvalue weighted by Crippen LogP contribution is 2.19. The van der Waals surface area contributed by atoms with Crippen molar-refractivity contribution in [3.63, 3.8) is 0 Å². The normalized spacial score (nSPS) is 12.9. The summed E-state index contributed by atoms with van der Waals surface area (Å²) >= 11 is 0. The molecular formula is C14H26N2O5. The molecule has 3 N–H and O–H groups in total. The van der Waals surface area contributed by atoms with Gasteiger partial charge in [0.05, 0.1) is 18.1 Å². The molecule has 1 atom stereocenters. The molecular weight excluding hydrogens is 276 g/mol. The van der Waals surface area contributed by atoms with Crippen LogP contribution < -0.4 is 10.6 Å². The number of imide groups is 1. The van der Waals surface area contributed by atoms with E-state index in [1.165, 1.54) is 13.8 Å². The third-order valence-corrected chi connectivity index (χ3v) is 3.06. The second-order valence-electron chi connectivity index (χ2n) is 5.90. The Morgan fingerprint density at radius 1 is 1.24 bits per heavy atom. The summed E-state index contributed by atoms with van der Waals surface area (Å²) in [6.45, 7) is 9.47. The molecule has 7 nitrogen and oxygen atoms in total. The predicted molar refractivity (Wildman–Crippen MR) is 77.8 cm³/mol. The van der Waals surface area contributed by atoms with Crippen molar-refractivity contribution in [1.82, 2.24) is 10.6 Å². The van der Waals surface area contributed by atoms with Crippen LogP contribution in [0.15, 0.2) is 0 Å². The molecule has 3 amide bonds. The van der Waals surface area contributed by atoms with Crippen LogP contribution in [-0.4, -0.2) is 42.3 Å². The molecule has 122 valence electrons. The van der Waals surface area contributed by atoms with Crippen LogP contribution in [0, 0.1) is 11.3 Å². The number of urea groups is 1. The molecule has 21 heavy (non-hydrogen) atoms. The first-order valence-corrected chi connectivity index (χ1v) is 7.01. The third kappa shape index (κ3) is 7.65. The highest BCUT2D eigenvalue weighted by atomic mass is 16.5. The average molecular weight is 302 g/mol. The summed E-state index contributed by atoms with van der Waals surface area (Å²) in [5.74, 6) is -1.57. The molecule has 0 rings (SSSR count). The maximum Gasteiger partial charge on any atom is 0.321 e. The zero-order valence-corrected chi connectivity index (χ0v) is 13.4. The van der Waals surface area contributed by atoms with E-state index in [9.17, 15) is 14.4 Å². The molecule has 0 aromatic rings. The summed E-state index contributed by atoms with van der Waals surface area (Å²) in [4.78, 5) is 34.3. The molecule has 0 saturated heterocycles. The number of amides is 3. The van der Waals surface area contributed by atoms with Gasteiger partial charge in [-0.05, 0) is 26.7 Å². The van der Waals surface area contributed by atoms with Crippen molar-refractivity contribution in [3.05, 3.63) is 0 Å². The fourth-order valence-electron chi connectivity index (χ4n) is 1.50. The summed E-state index contributed by atoms with van der Waals surface area (Å²) in [5, 5.41) is 13.7. The Morgan fingerprint density at radius 2 is 1.81 bits per heavy atom. The summed E-state index contributed by atoms with van der Waals surface area (Å²) in [6.07, 6.45) is -0.270. The third-order valence-electron chi connectivity index (χ3n) is 3.06. The molecule has 0 aromatic heterocycles. The Labute approximate surface area is 125 Å². The minimum atomic E-state index is -1.22. The van der Waals surface area contributed by atoms with Crippen LogP contribution in [0.4, 0.5) is 4.79 Å². The monoisotopic (exact) mass is 302 g/mol. The lowest BCUT2D eigenvalue weighted by Gasteiger charge is -2.23. The van der Waals surface area contributed by atoms with E-state index in [0.29, 0.717) is 13.2 Å². The van der Waals surface area contributed by atoms with E-state index in [1.807, 2.05) is 20.8 Å². The van der Waals surface area contributed by atoms with Gasteiger partial charge >= 0.3 is 12.0 Å². The maximum absolute atomic E-state index is 11.7. The maximum atomic E-state index is 11.7. The number of carbonyl (C=O) groups excluding carboxylic acids is 2. The number of aliphatic carboxylic acids is 1. The first-order valence-electron chi connectivity index (χ1n) is 7.01. The van der Waals surface area contributed by atoms with Gasteiger partial charge in [0.1, 0.15) is 0 Å². The van der Waals surface area contributed by atoms with Gasteiger partial charge in [-0.2, -0.15) is 0 Å². The van der Waals surface area contributed by atoms with Crippen LogP contribution in [-0.2, 0) is 14.3 Å². The molecule has 0 radical (unpaired) electrons. The zero-order valence-electron chi connectivity index (χ0n) is 13.4. The van der Waals surface area contributed by atoms with Gasteiger partial charge in [-0.25, -0.2) is 4.79 Å². The van der Waals surface area contributed by atoms with Crippen LogP contribution in [0.25, 0.3) is 0 Å². The molecule has 0 fully saturated rings. The standard InChI is InChI=1S/C14H26N2O5/c1-6-21-8-10(9(2)3)15-13(20)16-11(17)7-14(4,5)12(18)19/h9-10H,6-8H2,1-5H3,(H,18,19)(H2,15,16,17,20). The summed E-state index contributed by atoms with van der Waals surface area (Å²) in [7, 11) is 0. The van der Waals surface area contributed by atoms with Crippen molar-refractivity contribution in [2.75, 3.05) is 13.2 Å². The van der Waals surface area contributed by atoms with Gasteiger partial charge in [-0.1, -0.05) is 13.8 Å². The van der Waals surface area contributed by atoms with E-state index in [1.54, 1.807) is 0 Å². The molecule has 0 heterocycles. The Hall–Kier alpha value is -1.63. The van der Waals surface area contributed by atoms with E-state index >= 15 is 0 Å². The van der Waals surface area contributed by atoms with Gasteiger partial charge in [0.2, 0.25) is 5.91 Å². The minimum absolute atomic E-state index is 0.146. The lowest BCUT2D eigenvalue weighted by Crippen LogP contribution is -2.49. The van der Waals surface area contributed by atoms with Crippen LogP contribution in [0.5, 0.6) is 0 Å². The number of carboxylic acid groups (broad SMARTS) is 1. The van der Waals surface area contributed by atoms with Crippen molar-refractivity contribution < 1.29 is 24.2 Å². The Balaban J connectivity index is 4.40. The van der Waals surface area contributed by atoms with Gasteiger partial charge in [0, 0.05) is 13.0 Å². The Bertz CT molecular complexity index is 380. The van der Waals surface area contributed by atoms with Gasteiger partial charge in [0.25, 0.3) is 0 Å². The molecule has 0 bridgehead atoms. The Kier molecular flexibility index (Phi) is 7.94. The highest BCUT2D eigenvalue weighted by Gasteiger charge is 2.31. The molecule has 0 aliphatic heterocycles. The first-order chi connectivity index (χ1) is 9.60. The lowest BCUT2D eigenvalue weighted by molar-refractivity contribution is -0.149. The van der Waals surface area contributed by atoms with E-state index in [0.717, 1.165) is 0 Å². The molecule has 7 heteroatoms. The molecule has 0 aliphatic rings. The first kappa shape index (κ1) is 19.4. The van der Waals surface area contributed by atoms with Crippen molar-refractivity contribution >= 4 is 17.9 Å². The van der Waals surface area contributed by atoms with Gasteiger partial charge < -0.3 is 15.2 Å². The van der Waals surface area contributed by atoms with Gasteiger partial charge in [0.15, 0.2) is 0 Å². The molecule has 0 aliphatic carbocycles. The summed E-state index contributed by atoms with van der Waals surface area (Å²) in [6, 6.07) is -0.857. The summed E-state index contributed by atoms with van der Waals surface area (Å²) < 4.78 is 5.27. The second kappa shape index (κ2) is 8.61. The zero-order chi connectivity index (χ0) is 16.6. The quantitative estimate of drug-likeness (QED) is 0.628. The van der Waals surface area contributed by atoms with E-state index < -0.39 is 23.3 Å². The van der Waals surface area contributed by atoms with Crippen LogP contribution in [0.1, 0.15) is 41.0 Å². The van der Waals surface area contributed by atoms with E-state index in [-0.39, 0.29) is 18.4 Å². The van der Waals surface area contributed by atoms with Gasteiger partial charge in [-0.3, -0.25) is 14.9 Å². The van der Waals surface area contributed by atoms with Crippen molar-refractivity contribution in [1.29, 1.82) is 0 Å². The van der Waals surface area contributed by atoms with Crippen LogP contribution in [0.2, 0.25) is 0 Å². The summed E-state index contributed by atoms with van der Waals surface area (Å²) in [5.41, 5.74) is -1.22. The molecule has 0 aromatic carbocycles. The van der Waals surface area contributed by atoms with Crippen molar-refractivity contribution in [2.24, 2.45) is 11.3 Å². The molecule has 1 unspecified atom stereocenters. The smallest absolute Gasteiger partial charge is 0.321 e. The van der Waals surface area contributed by atoms with Gasteiger partial charge in [-0.15, -0.1) is 0 Å². The number of hydrogen-bond donors (Lipinski definition) is 3. The van der Waals surface area contributed by atoms with E-state index in [2.05, 4.69) is 10.6 Å². The fraction of sp³-hybridized carbons (Fsp3) is 0.786. The number of hydrogen-bond acceptors (Lipinski definition) is 4.